The summed E-state index contributed by atoms with van der Waals surface area (Å²) < 4.78 is 0. The Kier molecular flexibility index (Phi) is 3.14. The van der Waals surface area contributed by atoms with E-state index in [1.54, 1.807) is 0 Å². The third-order valence-corrected chi connectivity index (χ3v) is 4.54. The van der Waals surface area contributed by atoms with Gasteiger partial charge in [-0.3, -0.25) is 0 Å². The van der Waals surface area contributed by atoms with Gasteiger partial charge in [0.05, 0.1) is 0 Å². The van der Waals surface area contributed by atoms with Crippen LogP contribution < -0.4 is 5.32 Å². The van der Waals surface area contributed by atoms with Crippen LogP contribution in [0.5, 0.6) is 0 Å². The van der Waals surface area contributed by atoms with Gasteiger partial charge in [0.2, 0.25) is 0 Å². The summed E-state index contributed by atoms with van der Waals surface area (Å²) in [5, 5.41) is 4.63. The summed E-state index contributed by atoms with van der Waals surface area (Å²) >= 11 is 6.02. The van der Waals surface area contributed by atoms with Crippen LogP contribution in [0.2, 0.25) is 5.02 Å². The molecule has 2 heteroatoms. The predicted molar refractivity (Wildman–Crippen MR) is 72.5 cm³/mol. The Morgan fingerprint density at radius 2 is 1.82 bits per heavy atom. The first-order chi connectivity index (χ1) is 8.20. The molecule has 1 N–H and O–H groups in total. The molecule has 17 heavy (non-hydrogen) atoms. The minimum atomic E-state index is 0.726. The zero-order valence-electron chi connectivity index (χ0n) is 10.3. The van der Waals surface area contributed by atoms with Crippen LogP contribution in [-0.2, 0) is 0 Å². The van der Waals surface area contributed by atoms with Crippen LogP contribution in [0.15, 0.2) is 24.3 Å². The monoisotopic (exact) mass is 249 g/mol. The molecule has 1 aromatic rings. The fourth-order valence-corrected chi connectivity index (χ4v) is 3.36. The predicted octanol–water partition coefficient (Wildman–Crippen LogP) is 3.97. The second kappa shape index (κ2) is 4.62. The smallest absolute Gasteiger partial charge is 0.0408 e. The number of nitrogens with one attached hydrogen (secondary N) is 1. The molecule has 0 amide bonds. The van der Waals surface area contributed by atoms with E-state index in [2.05, 4.69) is 30.4 Å². The fourth-order valence-electron chi connectivity index (χ4n) is 3.16. The molecular formula is C15H20ClN. The highest BCUT2D eigenvalue weighted by Gasteiger charge is 2.34. The lowest BCUT2D eigenvalue weighted by molar-refractivity contribution is 0.177. The molecule has 2 fully saturated rings. The molecule has 3 rings (SSSR count). The van der Waals surface area contributed by atoms with Gasteiger partial charge in [0, 0.05) is 17.1 Å². The molecule has 2 saturated carbocycles. The molecule has 0 radical (unpaired) electrons. The van der Waals surface area contributed by atoms with Crippen LogP contribution in [0.1, 0.15) is 44.1 Å². The first kappa shape index (κ1) is 11.6. The summed E-state index contributed by atoms with van der Waals surface area (Å²) in [6, 6.07) is 9.89. The van der Waals surface area contributed by atoms with Crippen molar-refractivity contribution in [3.8, 4) is 0 Å². The van der Waals surface area contributed by atoms with Gasteiger partial charge in [0.25, 0.3) is 0 Å². The fraction of sp³-hybridized carbons (Fsp3) is 0.600. The molecule has 0 spiro atoms. The van der Waals surface area contributed by atoms with Gasteiger partial charge in [-0.05, 0) is 55.2 Å². The minimum absolute atomic E-state index is 0.726. The van der Waals surface area contributed by atoms with Gasteiger partial charge in [-0.15, -0.1) is 0 Å². The molecule has 1 nitrogen and oxygen atoms in total. The Morgan fingerprint density at radius 3 is 2.47 bits per heavy atom. The van der Waals surface area contributed by atoms with Gasteiger partial charge in [-0.1, -0.05) is 30.7 Å². The first-order valence-electron chi connectivity index (χ1n) is 6.72. The van der Waals surface area contributed by atoms with E-state index in [4.69, 9.17) is 11.6 Å². The lowest BCUT2D eigenvalue weighted by atomic mass is 9.74. The molecule has 92 valence electrons. The summed E-state index contributed by atoms with van der Waals surface area (Å²) in [7, 11) is 0. The zero-order valence-corrected chi connectivity index (χ0v) is 11.1. The Balaban J connectivity index is 1.48. The summed E-state index contributed by atoms with van der Waals surface area (Å²) in [5.41, 5.74) is 1.41. The van der Waals surface area contributed by atoms with Crippen LogP contribution in [0.4, 0.5) is 0 Å². The third kappa shape index (κ3) is 2.51. The van der Waals surface area contributed by atoms with E-state index in [1.807, 2.05) is 6.07 Å². The van der Waals surface area contributed by atoms with E-state index in [1.165, 1.54) is 31.2 Å². The van der Waals surface area contributed by atoms with Crippen molar-refractivity contribution < 1.29 is 0 Å². The van der Waals surface area contributed by atoms with Crippen molar-refractivity contribution in [2.24, 2.45) is 5.92 Å². The lowest BCUT2D eigenvalue weighted by Gasteiger charge is -2.43. The van der Waals surface area contributed by atoms with E-state index in [9.17, 15) is 0 Å². The standard InChI is InChI=1S/C15H20ClN/c1-10-5-14(6-10)17-15-8-12(9-15)11-3-2-4-13(16)7-11/h2-4,7,10,12,14-15,17H,5-6,8-9H2,1H3. The van der Waals surface area contributed by atoms with Crippen molar-refractivity contribution in [1.29, 1.82) is 0 Å². The zero-order chi connectivity index (χ0) is 11.8. The molecule has 0 saturated heterocycles. The van der Waals surface area contributed by atoms with E-state index in [0.29, 0.717) is 0 Å². The normalized spacial score (nSPS) is 36.1. The summed E-state index contributed by atoms with van der Waals surface area (Å²) in [4.78, 5) is 0. The minimum Gasteiger partial charge on any atom is -0.311 e. The molecule has 0 aromatic heterocycles. The molecule has 0 unspecified atom stereocenters. The van der Waals surface area contributed by atoms with Gasteiger partial charge in [-0.25, -0.2) is 0 Å². The SMILES string of the molecule is CC1CC(NC2CC(c3cccc(Cl)c3)C2)C1. The molecular weight excluding hydrogens is 230 g/mol. The third-order valence-electron chi connectivity index (χ3n) is 4.30. The van der Waals surface area contributed by atoms with Crippen LogP contribution in [-0.4, -0.2) is 12.1 Å². The first-order valence-corrected chi connectivity index (χ1v) is 7.10. The number of hydrogen-bond acceptors (Lipinski definition) is 1. The Hall–Kier alpha value is -0.530. The van der Waals surface area contributed by atoms with Crippen LogP contribution in [0.25, 0.3) is 0 Å². The van der Waals surface area contributed by atoms with Gasteiger partial charge < -0.3 is 5.32 Å². The average molecular weight is 250 g/mol. The van der Waals surface area contributed by atoms with E-state index in [0.717, 1.165) is 28.9 Å². The lowest BCUT2D eigenvalue weighted by Crippen LogP contribution is -2.50. The topological polar surface area (TPSA) is 12.0 Å². The van der Waals surface area contributed by atoms with Gasteiger partial charge in [0.15, 0.2) is 0 Å². The van der Waals surface area contributed by atoms with Gasteiger partial charge >= 0.3 is 0 Å². The maximum absolute atomic E-state index is 6.02. The number of hydrogen-bond donors (Lipinski definition) is 1. The van der Waals surface area contributed by atoms with Crippen molar-refractivity contribution in [3.63, 3.8) is 0 Å². The van der Waals surface area contributed by atoms with Crippen molar-refractivity contribution in [3.05, 3.63) is 34.9 Å². The average Bonchev–Trinajstić information content (AvgIpc) is 2.19. The van der Waals surface area contributed by atoms with E-state index in [-0.39, 0.29) is 0 Å². The maximum atomic E-state index is 6.02. The number of benzene rings is 1. The molecule has 2 aliphatic rings. The molecule has 2 aliphatic carbocycles. The van der Waals surface area contributed by atoms with Crippen LogP contribution in [0, 0.1) is 5.92 Å². The number of rotatable bonds is 3. The summed E-state index contributed by atoms with van der Waals surface area (Å²) in [6.45, 7) is 2.34. The van der Waals surface area contributed by atoms with Gasteiger partial charge in [-0.2, -0.15) is 0 Å². The highest BCUT2D eigenvalue weighted by molar-refractivity contribution is 6.30. The van der Waals surface area contributed by atoms with Crippen LogP contribution >= 0.6 is 11.6 Å². The maximum Gasteiger partial charge on any atom is 0.0408 e. The Bertz CT molecular complexity index is 392. The second-order valence-corrected chi connectivity index (χ2v) is 6.30. The van der Waals surface area contributed by atoms with Crippen LogP contribution in [0.3, 0.4) is 0 Å². The van der Waals surface area contributed by atoms with E-state index >= 15 is 0 Å². The van der Waals surface area contributed by atoms with Crippen molar-refractivity contribution in [2.45, 2.75) is 50.6 Å². The van der Waals surface area contributed by atoms with Gasteiger partial charge in [0.1, 0.15) is 0 Å². The summed E-state index contributed by atoms with van der Waals surface area (Å²) in [5.74, 6) is 1.67. The summed E-state index contributed by atoms with van der Waals surface area (Å²) in [6.07, 6.45) is 5.31. The molecule has 0 bridgehead atoms. The second-order valence-electron chi connectivity index (χ2n) is 5.86. The Labute approximate surface area is 109 Å². The van der Waals surface area contributed by atoms with Crippen molar-refractivity contribution >= 4 is 11.6 Å². The number of halogens is 1. The quantitative estimate of drug-likeness (QED) is 0.855. The molecule has 0 atom stereocenters. The molecule has 1 aromatic carbocycles. The molecule has 0 aliphatic heterocycles. The highest BCUT2D eigenvalue weighted by atomic mass is 35.5. The molecule has 0 heterocycles. The largest absolute Gasteiger partial charge is 0.311 e. The Morgan fingerprint density at radius 1 is 1.12 bits per heavy atom. The van der Waals surface area contributed by atoms with Crippen molar-refractivity contribution in [2.75, 3.05) is 0 Å². The van der Waals surface area contributed by atoms with E-state index < -0.39 is 0 Å². The highest BCUT2D eigenvalue weighted by Crippen LogP contribution is 2.39. The van der Waals surface area contributed by atoms with Crippen molar-refractivity contribution in [1.82, 2.24) is 5.32 Å².